The predicted octanol–water partition coefficient (Wildman–Crippen LogP) is 5.36. The molecule has 44 heavy (non-hydrogen) atoms. The lowest BCUT2D eigenvalue weighted by Crippen LogP contribution is -2.66. The first-order valence-electron chi connectivity index (χ1n) is 14.1. The minimum Gasteiger partial charge on any atom is -0.372 e. The van der Waals surface area contributed by atoms with Gasteiger partial charge in [0.05, 0.1) is 36.3 Å². The molecule has 1 unspecified atom stereocenters. The number of nitrogens with zero attached hydrogens (tertiary/aromatic N) is 1. The van der Waals surface area contributed by atoms with Gasteiger partial charge < -0.3 is 15.8 Å². The Morgan fingerprint density at radius 1 is 0.886 bits per heavy atom. The topological polar surface area (TPSA) is 84.7 Å². The summed E-state index contributed by atoms with van der Waals surface area (Å²) in [6, 6.07) is 20.1. The molecule has 6 rings (SSSR count). The van der Waals surface area contributed by atoms with Crippen molar-refractivity contribution in [3.63, 3.8) is 0 Å². The maximum Gasteiger partial charge on any atom is 0.416 e. The van der Waals surface area contributed by atoms with Crippen molar-refractivity contribution in [2.45, 2.75) is 43.4 Å². The number of carbonyl (C=O) groups excluding carboxylic acids is 2. The van der Waals surface area contributed by atoms with Gasteiger partial charge in [0.2, 0.25) is 11.8 Å². The maximum atomic E-state index is 13.6. The zero-order valence-electron chi connectivity index (χ0n) is 23.4. The number of carbonyl (C=O) groups is 2. The van der Waals surface area contributed by atoms with Crippen LogP contribution in [0.15, 0.2) is 78.9 Å². The second-order valence-electron chi connectivity index (χ2n) is 11.2. The molecule has 0 saturated carbocycles. The van der Waals surface area contributed by atoms with E-state index in [2.05, 4.69) is 10.2 Å². The molecule has 0 aliphatic carbocycles. The molecule has 3 aromatic rings. The number of halogens is 6. The number of hydrogen-bond donors (Lipinski definition) is 2. The van der Waals surface area contributed by atoms with Crippen LogP contribution < -0.4 is 11.1 Å². The van der Waals surface area contributed by atoms with Crippen molar-refractivity contribution in [1.82, 2.24) is 10.2 Å². The first-order valence-corrected chi connectivity index (χ1v) is 14.1. The molecule has 2 bridgehead atoms. The van der Waals surface area contributed by atoms with Crippen LogP contribution in [0.2, 0.25) is 0 Å². The molecule has 0 aromatic heterocycles. The highest BCUT2D eigenvalue weighted by molar-refractivity contribution is 5.85. The molecular weight excluding hydrogens is 588 g/mol. The molecule has 3 heterocycles. The molecule has 2 amide bonds. The molecular formula is C32H31F6N3O3. The number of hydrogen-bond acceptors (Lipinski definition) is 4. The van der Waals surface area contributed by atoms with Crippen LogP contribution in [-0.4, -0.2) is 48.5 Å². The van der Waals surface area contributed by atoms with E-state index in [1.807, 2.05) is 60.7 Å². The molecule has 3 aliphatic heterocycles. The van der Waals surface area contributed by atoms with Crippen LogP contribution in [0.5, 0.6) is 0 Å². The molecule has 3 N–H and O–H groups in total. The number of alkyl halides is 6. The zero-order chi connectivity index (χ0) is 31.6. The second kappa shape index (κ2) is 12.6. The third kappa shape index (κ3) is 6.91. The summed E-state index contributed by atoms with van der Waals surface area (Å²) in [4.78, 5) is 26.6. The Bertz CT molecular complexity index is 1390. The molecule has 0 radical (unpaired) electrons. The van der Waals surface area contributed by atoms with E-state index >= 15 is 0 Å². The van der Waals surface area contributed by atoms with E-state index in [0.717, 1.165) is 11.1 Å². The van der Waals surface area contributed by atoms with Gasteiger partial charge >= 0.3 is 12.4 Å². The highest BCUT2D eigenvalue weighted by atomic mass is 19.4. The Morgan fingerprint density at radius 3 is 1.93 bits per heavy atom. The number of nitrogens with one attached hydrogen (secondary N) is 1. The summed E-state index contributed by atoms with van der Waals surface area (Å²) in [5.74, 6) is -2.49. The van der Waals surface area contributed by atoms with Gasteiger partial charge in [-0.2, -0.15) is 26.3 Å². The van der Waals surface area contributed by atoms with Gasteiger partial charge in [0.25, 0.3) is 0 Å². The highest BCUT2D eigenvalue weighted by Gasteiger charge is 2.53. The quantitative estimate of drug-likeness (QED) is 0.316. The Kier molecular flexibility index (Phi) is 9.03. The van der Waals surface area contributed by atoms with E-state index in [-0.39, 0.29) is 24.1 Å². The average molecular weight is 620 g/mol. The summed E-state index contributed by atoms with van der Waals surface area (Å²) in [5.41, 5.74) is 3.96. The van der Waals surface area contributed by atoms with Gasteiger partial charge in [0.15, 0.2) is 0 Å². The van der Waals surface area contributed by atoms with Crippen molar-refractivity contribution in [3.8, 4) is 0 Å². The summed E-state index contributed by atoms with van der Waals surface area (Å²) in [7, 11) is 0. The Morgan fingerprint density at radius 2 is 1.43 bits per heavy atom. The van der Waals surface area contributed by atoms with Crippen LogP contribution >= 0.6 is 0 Å². The van der Waals surface area contributed by atoms with Crippen LogP contribution in [0.1, 0.15) is 40.2 Å². The van der Waals surface area contributed by atoms with Crippen molar-refractivity contribution < 1.29 is 40.7 Å². The fourth-order valence-electron chi connectivity index (χ4n) is 6.53. The largest absolute Gasteiger partial charge is 0.416 e. The summed E-state index contributed by atoms with van der Waals surface area (Å²) < 4.78 is 87.8. The summed E-state index contributed by atoms with van der Waals surface area (Å²) >= 11 is 0. The summed E-state index contributed by atoms with van der Waals surface area (Å²) in [5, 5.41) is 2.54. The Labute approximate surface area is 250 Å². The van der Waals surface area contributed by atoms with Gasteiger partial charge in [-0.15, -0.1) is 0 Å². The van der Waals surface area contributed by atoms with Gasteiger partial charge in [-0.25, -0.2) is 0 Å². The van der Waals surface area contributed by atoms with Crippen LogP contribution in [0.4, 0.5) is 26.3 Å². The number of ether oxygens (including phenoxy) is 1. The molecule has 5 atom stereocenters. The van der Waals surface area contributed by atoms with E-state index in [1.165, 1.54) is 0 Å². The predicted molar refractivity (Wildman–Crippen MR) is 149 cm³/mol. The van der Waals surface area contributed by atoms with Gasteiger partial charge in [-0.3, -0.25) is 14.5 Å². The lowest BCUT2D eigenvalue weighted by atomic mass is 9.67. The molecule has 3 fully saturated rings. The number of fused-ring (bicyclic) bond motifs is 3. The van der Waals surface area contributed by atoms with Gasteiger partial charge in [0.1, 0.15) is 0 Å². The second-order valence-corrected chi connectivity index (χ2v) is 11.2. The fraction of sp³-hybridized carbons (Fsp3) is 0.375. The maximum absolute atomic E-state index is 13.6. The van der Waals surface area contributed by atoms with Crippen LogP contribution in [0.3, 0.4) is 0 Å². The fourth-order valence-corrected chi connectivity index (χ4v) is 6.53. The normalized spacial score (nSPS) is 23.5. The van der Waals surface area contributed by atoms with Gasteiger partial charge in [0, 0.05) is 24.4 Å². The minimum atomic E-state index is -5.00. The number of nitrogens with two attached hydrogens (primary N) is 1. The van der Waals surface area contributed by atoms with Crippen LogP contribution in [0, 0.1) is 11.8 Å². The smallest absolute Gasteiger partial charge is 0.372 e. The van der Waals surface area contributed by atoms with Gasteiger partial charge in [-0.05, 0) is 47.9 Å². The lowest BCUT2D eigenvalue weighted by molar-refractivity contribution is -0.161. The van der Waals surface area contributed by atoms with Crippen molar-refractivity contribution in [3.05, 3.63) is 107 Å². The molecule has 6 nitrogen and oxygen atoms in total. The van der Waals surface area contributed by atoms with E-state index in [9.17, 15) is 35.9 Å². The van der Waals surface area contributed by atoms with E-state index < -0.39 is 65.9 Å². The van der Waals surface area contributed by atoms with Crippen molar-refractivity contribution in [2.75, 3.05) is 19.6 Å². The molecule has 0 spiro atoms. The summed E-state index contributed by atoms with van der Waals surface area (Å²) in [6.07, 6.45) is -10.2. The van der Waals surface area contributed by atoms with Crippen molar-refractivity contribution in [2.24, 2.45) is 17.6 Å². The molecule has 3 saturated heterocycles. The first kappa shape index (κ1) is 31.5. The van der Waals surface area contributed by atoms with E-state index in [1.54, 1.807) is 0 Å². The number of primary amides is 1. The highest BCUT2D eigenvalue weighted by Crippen LogP contribution is 2.46. The molecule has 3 aromatic carbocycles. The third-order valence-electron chi connectivity index (χ3n) is 8.40. The number of piperidine rings is 3. The summed E-state index contributed by atoms with van der Waals surface area (Å²) in [6.45, 7) is 0.0347. The average Bonchev–Trinajstić information content (AvgIpc) is 2.99. The number of benzene rings is 3. The van der Waals surface area contributed by atoms with Crippen molar-refractivity contribution >= 4 is 11.8 Å². The van der Waals surface area contributed by atoms with Crippen LogP contribution in [0.25, 0.3) is 0 Å². The zero-order valence-corrected chi connectivity index (χ0v) is 23.4. The third-order valence-corrected chi connectivity index (χ3v) is 8.40. The minimum absolute atomic E-state index is 0.0838. The number of amides is 2. The van der Waals surface area contributed by atoms with Gasteiger partial charge in [-0.1, -0.05) is 60.7 Å². The molecule has 3 aliphatic rings. The van der Waals surface area contributed by atoms with Crippen LogP contribution in [-0.2, 0) is 33.3 Å². The number of rotatable bonds is 9. The monoisotopic (exact) mass is 619 g/mol. The molecule has 12 heteroatoms. The molecule has 234 valence electrons. The lowest BCUT2D eigenvalue weighted by Gasteiger charge is -2.56. The standard InChI is InChI=1S/C32H31F6N3O3/c33-31(34,35)22-13-19(14-23(15-22)32(36,37)38)18-44-29-24-11-12-41(17-25(24)30(43)40-16-26(39)42)28(29)27(20-7-3-1-4-8-20)21-9-5-2-6-10-21/h1-10,13-15,24-25,27-29H,11-12,16-18H2,(H2,39,42)(H,40,43)/t24-,25+,28-,29-/m0/s1. The Balaban J connectivity index is 1.54. The SMILES string of the molecule is NC(=O)CNC(=O)[C@@H]1CN2CC[C@@H]1[C@H](OCc1cc(C(F)(F)F)cc(C(F)(F)F)c1)[C@@H]2C(c1ccccc1)c1ccccc1. The first-order chi connectivity index (χ1) is 20.8. The van der Waals surface area contributed by atoms with E-state index in [4.69, 9.17) is 10.5 Å². The Hall–Kier alpha value is -3.90. The van der Waals surface area contributed by atoms with E-state index in [0.29, 0.717) is 31.6 Å². The van der Waals surface area contributed by atoms with Crippen molar-refractivity contribution in [1.29, 1.82) is 0 Å².